The van der Waals surface area contributed by atoms with Gasteiger partial charge in [0.2, 0.25) is 0 Å². The van der Waals surface area contributed by atoms with Crippen LogP contribution in [0.4, 0.5) is 8.78 Å². The van der Waals surface area contributed by atoms with Gasteiger partial charge in [0, 0.05) is 6.07 Å². The lowest BCUT2D eigenvalue weighted by Crippen LogP contribution is -2.29. The van der Waals surface area contributed by atoms with Crippen LogP contribution in [-0.2, 0) is 6.42 Å². The summed E-state index contributed by atoms with van der Waals surface area (Å²) in [7, 11) is 0. The summed E-state index contributed by atoms with van der Waals surface area (Å²) in [6, 6.07) is 11.1. The Bertz CT molecular complexity index is 532. The summed E-state index contributed by atoms with van der Waals surface area (Å²) in [4.78, 5) is 0. The maximum absolute atomic E-state index is 13.2. The van der Waals surface area contributed by atoms with Gasteiger partial charge in [-0.3, -0.25) is 11.3 Å². The summed E-state index contributed by atoms with van der Waals surface area (Å²) in [5.41, 5.74) is 5.32. The van der Waals surface area contributed by atoms with Gasteiger partial charge in [-0.05, 0) is 36.6 Å². The van der Waals surface area contributed by atoms with E-state index in [1.165, 1.54) is 12.1 Å². The Balaban J connectivity index is 2.22. The monoisotopic (exact) mass is 262 g/mol. The molecular formula is C15H16F2N2. The zero-order valence-corrected chi connectivity index (χ0v) is 10.7. The Kier molecular flexibility index (Phi) is 4.24. The molecule has 0 aromatic heterocycles. The highest BCUT2D eigenvalue weighted by Gasteiger charge is 2.13. The van der Waals surface area contributed by atoms with Crippen LogP contribution in [0.2, 0.25) is 0 Å². The number of nitrogens with two attached hydrogens (primary N) is 1. The Morgan fingerprint density at radius 1 is 1.05 bits per heavy atom. The minimum Gasteiger partial charge on any atom is -0.271 e. The second kappa shape index (κ2) is 5.91. The molecule has 0 fully saturated rings. The molecule has 0 aliphatic rings. The van der Waals surface area contributed by atoms with Crippen LogP contribution in [0.3, 0.4) is 0 Å². The topological polar surface area (TPSA) is 38.0 Å². The van der Waals surface area contributed by atoms with Crippen LogP contribution < -0.4 is 11.3 Å². The lowest BCUT2D eigenvalue weighted by molar-refractivity contribution is 0.530. The summed E-state index contributed by atoms with van der Waals surface area (Å²) in [5, 5.41) is 0. The SMILES string of the molecule is Cc1ccc(CC(NN)c2cc(F)cc(F)c2)cc1. The predicted molar refractivity (Wildman–Crippen MR) is 71.3 cm³/mol. The number of hydrogen-bond donors (Lipinski definition) is 2. The van der Waals surface area contributed by atoms with E-state index in [9.17, 15) is 8.78 Å². The molecule has 19 heavy (non-hydrogen) atoms. The van der Waals surface area contributed by atoms with Gasteiger partial charge in [0.25, 0.3) is 0 Å². The fourth-order valence-electron chi connectivity index (χ4n) is 2.01. The van der Waals surface area contributed by atoms with Crippen molar-refractivity contribution in [2.45, 2.75) is 19.4 Å². The van der Waals surface area contributed by atoms with E-state index >= 15 is 0 Å². The van der Waals surface area contributed by atoms with Gasteiger partial charge in [-0.2, -0.15) is 0 Å². The molecular weight excluding hydrogens is 246 g/mol. The Hall–Kier alpha value is -1.78. The molecule has 0 saturated heterocycles. The fourth-order valence-corrected chi connectivity index (χ4v) is 2.01. The summed E-state index contributed by atoms with van der Waals surface area (Å²) in [6.07, 6.45) is 0.569. The summed E-state index contributed by atoms with van der Waals surface area (Å²) >= 11 is 0. The normalized spacial score (nSPS) is 12.4. The number of benzene rings is 2. The summed E-state index contributed by atoms with van der Waals surface area (Å²) in [5.74, 6) is 4.29. The van der Waals surface area contributed by atoms with Gasteiger partial charge in [-0.25, -0.2) is 8.78 Å². The van der Waals surface area contributed by atoms with E-state index in [0.717, 1.165) is 17.2 Å². The third kappa shape index (κ3) is 3.59. The van der Waals surface area contributed by atoms with Crippen molar-refractivity contribution in [3.8, 4) is 0 Å². The van der Waals surface area contributed by atoms with Gasteiger partial charge in [0.05, 0.1) is 6.04 Å². The highest BCUT2D eigenvalue weighted by atomic mass is 19.1. The van der Waals surface area contributed by atoms with E-state index in [1.54, 1.807) is 0 Å². The number of nitrogens with one attached hydrogen (secondary N) is 1. The van der Waals surface area contributed by atoms with Gasteiger partial charge < -0.3 is 0 Å². The number of halogens is 2. The first-order valence-corrected chi connectivity index (χ1v) is 6.06. The van der Waals surface area contributed by atoms with Gasteiger partial charge in [0.1, 0.15) is 11.6 Å². The molecule has 2 aromatic carbocycles. The van der Waals surface area contributed by atoms with Crippen molar-refractivity contribution in [1.29, 1.82) is 0 Å². The fraction of sp³-hybridized carbons (Fsp3) is 0.200. The molecule has 2 aromatic rings. The first-order chi connectivity index (χ1) is 9.08. The van der Waals surface area contributed by atoms with Crippen molar-refractivity contribution in [1.82, 2.24) is 5.43 Å². The molecule has 0 spiro atoms. The minimum absolute atomic E-state index is 0.326. The Labute approximate surface area is 111 Å². The smallest absolute Gasteiger partial charge is 0.126 e. The number of aryl methyl sites for hydroxylation is 1. The molecule has 0 bridgehead atoms. The van der Waals surface area contributed by atoms with E-state index in [-0.39, 0.29) is 6.04 Å². The molecule has 0 aliphatic heterocycles. The predicted octanol–water partition coefficient (Wildman–Crippen LogP) is 3.02. The molecule has 1 unspecified atom stereocenters. The summed E-state index contributed by atoms with van der Waals surface area (Å²) < 4.78 is 26.4. The van der Waals surface area contributed by atoms with E-state index in [2.05, 4.69) is 5.43 Å². The van der Waals surface area contributed by atoms with Gasteiger partial charge >= 0.3 is 0 Å². The zero-order chi connectivity index (χ0) is 13.8. The van der Waals surface area contributed by atoms with Crippen molar-refractivity contribution in [3.05, 3.63) is 70.8 Å². The second-order valence-electron chi connectivity index (χ2n) is 4.61. The van der Waals surface area contributed by atoms with Gasteiger partial charge in [-0.15, -0.1) is 0 Å². The Morgan fingerprint density at radius 3 is 2.16 bits per heavy atom. The average Bonchev–Trinajstić information content (AvgIpc) is 2.37. The largest absolute Gasteiger partial charge is 0.271 e. The maximum Gasteiger partial charge on any atom is 0.126 e. The molecule has 0 saturated carbocycles. The molecule has 3 N–H and O–H groups in total. The molecule has 0 aliphatic carbocycles. The third-order valence-electron chi connectivity index (χ3n) is 3.05. The quantitative estimate of drug-likeness (QED) is 0.656. The second-order valence-corrected chi connectivity index (χ2v) is 4.61. The number of rotatable bonds is 4. The van der Waals surface area contributed by atoms with E-state index in [0.29, 0.717) is 12.0 Å². The highest BCUT2D eigenvalue weighted by molar-refractivity contribution is 5.26. The van der Waals surface area contributed by atoms with Crippen molar-refractivity contribution < 1.29 is 8.78 Å². The lowest BCUT2D eigenvalue weighted by atomic mass is 9.98. The highest BCUT2D eigenvalue weighted by Crippen LogP contribution is 2.20. The number of hydrogen-bond acceptors (Lipinski definition) is 2. The minimum atomic E-state index is -0.598. The molecule has 0 heterocycles. The van der Waals surface area contributed by atoms with Crippen LogP contribution in [0.5, 0.6) is 0 Å². The molecule has 2 nitrogen and oxygen atoms in total. The first-order valence-electron chi connectivity index (χ1n) is 6.06. The summed E-state index contributed by atoms with van der Waals surface area (Å²) in [6.45, 7) is 2.00. The zero-order valence-electron chi connectivity index (χ0n) is 10.7. The molecule has 2 rings (SSSR count). The van der Waals surface area contributed by atoms with Crippen LogP contribution in [0.1, 0.15) is 22.7 Å². The molecule has 1 atom stereocenters. The van der Waals surface area contributed by atoms with Crippen molar-refractivity contribution in [2.75, 3.05) is 0 Å². The molecule has 4 heteroatoms. The molecule has 100 valence electrons. The van der Waals surface area contributed by atoms with Crippen LogP contribution in [-0.4, -0.2) is 0 Å². The van der Waals surface area contributed by atoms with Crippen LogP contribution in [0.15, 0.2) is 42.5 Å². The van der Waals surface area contributed by atoms with Gasteiger partial charge in [0.15, 0.2) is 0 Å². The van der Waals surface area contributed by atoms with Crippen molar-refractivity contribution >= 4 is 0 Å². The average molecular weight is 262 g/mol. The van der Waals surface area contributed by atoms with Crippen LogP contribution in [0, 0.1) is 18.6 Å². The standard InChI is InChI=1S/C15H16F2N2/c1-10-2-4-11(5-3-10)6-15(19-18)12-7-13(16)9-14(17)8-12/h2-5,7-9,15,19H,6,18H2,1H3. The van der Waals surface area contributed by atoms with E-state index in [1.807, 2.05) is 31.2 Å². The van der Waals surface area contributed by atoms with E-state index in [4.69, 9.17) is 5.84 Å². The van der Waals surface area contributed by atoms with Crippen molar-refractivity contribution in [2.24, 2.45) is 5.84 Å². The molecule has 0 amide bonds. The molecule has 0 radical (unpaired) electrons. The first kappa shape index (κ1) is 13.6. The van der Waals surface area contributed by atoms with Crippen molar-refractivity contribution in [3.63, 3.8) is 0 Å². The van der Waals surface area contributed by atoms with Gasteiger partial charge in [-0.1, -0.05) is 29.8 Å². The third-order valence-corrected chi connectivity index (χ3v) is 3.05. The maximum atomic E-state index is 13.2. The number of hydrazine groups is 1. The van der Waals surface area contributed by atoms with Crippen LogP contribution in [0.25, 0.3) is 0 Å². The van der Waals surface area contributed by atoms with Crippen LogP contribution >= 0.6 is 0 Å². The van der Waals surface area contributed by atoms with E-state index < -0.39 is 11.6 Å². The lowest BCUT2D eigenvalue weighted by Gasteiger charge is -2.17. The Morgan fingerprint density at radius 2 is 1.63 bits per heavy atom.